The van der Waals surface area contributed by atoms with Crippen LogP contribution in [0.3, 0.4) is 0 Å². The molecule has 0 spiro atoms. The number of esters is 1. The van der Waals surface area contributed by atoms with E-state index in [-0.39, 0.29) is 23.2 Å². The number of rotatable bonds is 4. The van der Waals surface area contributed by atoms with Crippen molar-refractivity contribution in [1.82, 2.24) is 0 Å². The van der Waals surface area contributed by atoms with E-state index in [9.17, 15) is 14.7 Å². The lowest BCUT2D eigenvalue weighted by Crippen LogP contribution is -2.17. The maximum atomic E-state index is 12.8. The van der Waals surface area contributed by atoms with E-state index in [0.717, 1.165) is 17.5 Å². The van der Waals surface area contributed by atoms with Crippen LogP contribution in [0, 0.1) is 0 Å². The average Bonchev–Trinajstić information content (AvgIpc) is 2.77. The summed E-state index contributed by atoms with van der Waals surface area (Å²) < 4.78 is 11.4. The van der Waals surface area contributed by atoms with Crippen molar-refractivity contribution in [3.05, 3.63) is 71.3 Å². The van der Waals surface area contributed by atoms with Gasteiger partial charge in [-0.2, -0.15) is 0 Å². The molecule has 32 heavy (non-hydrogen) atoms. The maximum absolute atomic E-state index is 12.8. The predicted octanol–water partition coefficient (Wildman–Crippen LogP) is 6.10. The first-order valence-corrected chi connectivity index (χ1v) is 11.1. The Bertz CT molecular complexity index is 988. The molecule has 0 amide bonds. The van der Waals surface area contributed by atoms with Crippen LogP contribution in [0.2, 0.25) is 0 Å². The number of hydrogen-bond acceptors (Lipinski definition) is 5. The molecule has 1 N–H and O–H groups in total. The fourth-order valence-corrected chi connectivity index (χ4v) is 3.62. The lowest BCUT2D eigenvalue weighted by Gasteiger charge is -2.16. The van der Waals surface area contributed by atoms with Crippen LogP contribution in [0.25, 0.3) is 12.2 Å². The zero-order valence-electron chi connectivity index (χ0n) is 18.5. The number of phenolic OH excluding ortho intramolecular Hbond substituents is 1. The Balaban J connectivity index is 1.83. The van der Waals surface area contributed by atoms with E-state index in [1.54, 1.807) is 25.1 Å². The van der Waals surface area contributed by atoms with Crippen LogP contribution in [-0.2, 0) is 16.1 Å². The Morgan fingerprint density at radius 3 is 2.66 bits per heavy atom. The minimum Gasteiger partial charge on any atom is -0.507 e. The second-order valence-electron chi connectivity index (χ2n) is 8.08. The molecule has 0 fully saturated rings. The summed E-state index contributed by atoms with van der Waals surface area (Å²) in [6.45, 7) is 5.87. The molecule has 2 aromatic rings. The van der Waals surface area contributed by atoms with Crippen LogP contribution in [0.5, 0.6) is 11.5 Å². The second kappa shape index (κ2) is 11.3. The number of phenols is 1. The van der Waals surface area contributed by atoms with Crippen molar-refractivity contribution in [2.24, 2.45) is 0 Å². The van der Waals surface area contributed by atoms with Gasteiger partial charge in [-0.1, -0.05) is 49.1 Å². The van der Waals surface area contributed by atoms with E-state index in [4.69, 9.17) is 9.47 Å². The number of ketones is 1. The summed E-state index contributed by atoms with van der Waals surface area (Å²) in [7, 11) is 0. The van der Waals surface area contributed by atoms with Crippen LogP contribution < -0.4 is 4.74 Å². The molecule has 1 heterocycles. The Morgan fingerprint density at radius 1 is 1.16 bits per heavy atom. The third kappa shape index (κ3) is 6.58. The lowest BCUT2D eigenvalue weighted by atomic mass is 10.0. The summed E-state index contributed by atoms with van der Waals surface area (Å²) in [5.74, 6) is -0.0621. The highest BCUT2D eigenvalue weighted by atomic mass is 16.5. The first-order chi connectivity index (χ1) is 15.5. The zero-order chi connectivity index (χ0) is 22.9. The van der Waals surface area contributed by atoms with Gasteiger partial charge < -0.3 is 14.6 Å². The first-order valence-electron chi connectivity index (χ1n) is 11.1. The van der Waals surface area contributed by atoms with Gasteiger partial charge >= 0.3 is 5.97 Å². The Hall–Kier alpha value is -3.34. The standard InChI is InChI=1S/C27H30O5/c1-3-20-12-14-21(15-13-20)18-31-24-16-22-9-5-4-6-10-23(28)11-7-8-19(2)32-27(30)26(22)25(29)17-24/h3,5,9,12-17,19,29H,1,4,6-8,10-11,18H2,2H3/t19-/m0/s1. The topological polar surface area (TPSA) is 72.8 Å². The number of carbonyl (C=O) groups excluding carboxylic acids is 2. The van der Waals surface area contributed by atoms with Crippen LogP contribution in [-0.4, -0.2) is 23.0 Å². The normalized spacial score (nSPS) is 17.7. The Labute approximate surface area is 189 Å². The highest BCUT2D eigenvalue weighted by molar-refractivity contribution is 5.97. The molecular weight excluding hydrogens is 404 g/mol. The quantitative estimate of drug-likeness (QED) is 0.589. The van der Waals surface area contributed by atoms with Gasteiger partial charge in [0.15, 0.2) is 0 Å². The van der Waals surface area contributed by atoms with E-state index in [2.05, 4.69) is 6.58 Å². The number of fused-ring (bicyclic) bond motifs is 1. The van der Waals surface area contributed by atoms with Gasteiger partial charge in [-0.3, -0.25) is 4.79 Å². The summed E-state index contributed by atoms with van der Waals surface area (Å²) >= 11 is 0. The van der Waals surface area contributed by atoms with Gasteiger partial charge in [0.05, 0.1) is 6.10 Å². The summed E-state index contributed by atoms with van der Waals surface area (Å²) in [6, 6.07) is 11.0. The lowest BCUT2D eigenvalue weighted by molar-refractivity contribution is -0.119. The second-order valence-corrected chi connectivity index (χ2v) is 8.08. The molecule has 0 aliphatic carbocycles. The van der Waals surface area contributed by atoms with Gasteiger partial charge in [0.2, 0.25) is 0 Å². The first kappa shape index (κ1) is 23.3. The zero-order valence-corrected chi connectivity index (χ0v) is 18.5. The summed E-state index contributed by atoms with van der Waals surface area (Å²) in [4.78, 5) is 24.7. The van der Waals surface area contributed by atoms with E-state index >= 15 is 0 Å². The third-order valence-electron chi connectivity index (χ3n) is 5.44. The summed E-state index contributed by atoms with van der Waals surface area (Å²) in [5.41, 5.74) is 2.66. The summed E-state index contributed by atoms with van der Waals surface area (Å²) in [6.07, 6.45) is 8.93. The number of aromatic hydroxyl groups is 1. The largest absolute Gasteiger partial charge is 0.507 e. The minimum absolute atomic E-state index is 0.129. The van der Waals surface area contributed by atoms with Crippen molar-refractivity contribution in [3.8, 4) is 11.5 Å². The molecule has 0 aromatic heterocycles. The fraction of sp³-hybridized carbons (Fsp3) is 0.333. The van der Waals surface area contributed by atoms with E-state index in [1.165, 1.54) is 6.07 Å². The van der Waals surface area contributed by atoms with Crippen molar-refractivity contribution in [2.45, 2.75) is 58.2 Å². The van der Waals surface area contributed by atoms with Crippen molar-refractivity contribution < 1.29 is 24.2 Å². The number of cyclic esters (lactones) is 1. The molecule has 0 saturated heterocycles. The van der Waals surface area contributed by atoms with Gasteiger partial charge in [0.1, 0.15) is 29.5 Å². The van der Waals surface area contributed by atoms with Gasteiger partial charge in [-0.05, 0) is 55.4 Å². The number of allylic oxidation sites excluding steroid dienone is 1. The average molecular weight is 435 g/mol. The molecule has 1 atom stereocenters. The summed E-state index contributed by atoms with van der Waals surface area (Å²) in [5, 5.41) is 10.6. The molecule has 0 unspecified atom stereocenters. The molecule has 1 aliphatic heterocycles. The van der Waals surface area contributed by atoms with Gasteiger partial charge in [0, 0.05) is 18.9 Å². The monoisotopic (exact) mass is 434 g/mol. The van der Waals surface area contributed by atoms with Crippen LogP contribution in [0.1, 0.15) is 72.5 Å². The number of ether oxygens (including phenoxy) is 2. The highest BCUT2D eigenvalue weighted by Crippen LogP contribution is 2.31. The third-order valence-corrected chi connectivity index (χ3v) is 5.44. The molecular formula is C27H30O5. The van der Waals surface area contributed by atoms with Crippen LogP contribution >= 0.6 is 0 Å². The Kier molecular flexibility index (Phi) is 8.26. The number of carbonyl (C=O) groups is 2. The number of hydrogen-bond donors (Lipinski definition) is 1. The van der Waals surface area contributed by atoms with E-state index in [0.29, 0.717) is 50.0 Å². The van der Waals surface area contributed by atoms with Crippen LogP contribution in [0.4, 0.5) is 0 Å². The van der Waals surface area contributed by atoms with Gasteiger partial charge in [0.25, 0.3) is 0 Å². The Morgan fingerprint density at radius 2 is 1.91 bits per heavy atom. The molecule has 0 radical (unpaired) electrons. The smallest absolute Gasteiger partial charge is 0.342 e. The molecule has 5 heteroatoms. The predicted molar refractivity (Wildman–Crippen MR) is 126 cm³/mol. The van der Waals surface area contributed by atoms with Gasteiger partial charge in [-0.25, -0.2) is 4.79 Å². The maximum Gasteiger partial charge on any atom is 0.342 e. The van der Waals surface area contributed by atoms with E-state index in [1.807, 2.05) is 30.3 Å². The molecule has 2 aromatic carbocycles. The molecule has 0 bridgehead atoms. The van der Waals surface area contributed by atoms with Crippen molar-refractivity contribution in [1.29, 1.82) is 0 Å². The molecule has 5 nitrogen and oxygen atoms in total. The van der Waals surface area contributed by atoms with Crippen molar-refractivity contribution >= 4 is 23.9 Å². The molecule has 0 saturated carbocycles. The van der Waals surface area contributed by atoms with Gasteiger partial charge in [-0.15, -0.1) is 0 Å². The number of Topliss-reactive ketones (excluding diaryl/α,β-unsaturated/α-hetero) is 1. The SMILES string of the molecule is C=Cc1ccc(COc2cc(O)c3c(c2)C=CCCCC(=O)CCC[C@H](C)OC3=O)cc1. The highest BCUT2D eigenvalue weighted by Gasteiger charge is 2.21. The van der Waals surface area contributed by atoms with Crippen molar-refractivity contribution in [3.63, 3.8) is 0 Å². The molecule has 1 aliphatic rings. The molecule has 3 rings (SSSR count). The van der Waals surface area contributed by atoms with E-state index < -0.39 is 5.97 Å². The van der Waals surface area contributed by atoms with Crippen molar-refractivity contribution in [2.75, 3.05) is 0 Å². The number of benzene rings is 2. The fourth-order valence-electron chi connectivity index (χ4n) is 3.62. The minimum atomic E-state index is -0.579. The van der Waals surface area contributed by atoms with Crippen LogP contribution in [0.15, 0.2) is 49.1 Å². The molecule has 168 valence electrons.